The summed E-state index contributed by atoms with van der Waals surface area (Å²) < 4.78 is 1.75. The molecule has 0 atom stereocenters. The Labute approximate surface area is 111 Å². The van der Waals surface area contributed by atoms with Gasteiger partial charge in [-0.15, -0.1) is 5.10 Å². The molecular formula is C15H16N4. The first-order chi connectivity index (χ1) is 9.06. The smallest absolute Gasteiger partial charge is 0.184 e. The molecule has 1 aromatic carbocycles. The molecule has 3 aromatic rings. The van der Waals surface area contributed by atoms with Crippen LogP contribution < -0.4 is 5.73 Å². The number of nitrogen functional groups attached to an aromatic ring is 1. The molecule has 2 aromatic heterocycles. The van der Waals surface area contributed by atoms with E-state index in [1.54, 1.807) is 4.68 Å². The maximum atomic E-state index is 6.22. The Kier molecular flexibility index (Phi) is 2.52. The van der Waals surface area contributed by atoms with Gasteiger partial charge >= 0.3 is 0 Å². The lowest BCUT2D eigenvalue weighted by molar-refractivity contribution is 0.898. The van der Waals surface area contributed by atoms with Crippen molar-refractivity contribution in [3.63, 3.8) is 0 Å². The minimum Gasteiger partial charge on any atom is -0.383 e. The molecule has 4 heteroatoms. The quantitative estimate of drug-likeness (QED) is 0.724. The van der Waals surface area contributed by atoms with Crippen LogP contribution in [-0.4, -0.2) is 14.8 Å². The number of fused-ring (bicyclic) bond motifs is 1. The second kappa shape index (κ2) is 4.09. The number of aryl methyl sites for hydroxylation is 3. The van der Waals surface area contributed by atoms with Crippen LogP contribution in [0.4, 0.5) is 5.82 Å². The van der Waals surface area contributed by atoms with E-state index in [0.717, 1.165) is 22.3 Å². The number of nitrogens with two attached hydrogens (primary N) is 1. The molecule has 0 aliphatic carbocycles. The van der Waals surface area contributed by atoms with Crippen molar-refractivity contribution in [2.24, 2.45) is 0 Å². The predicted molar refractivity (Wildman–Crippen MR) is 77.5 cm³/mol. The monoisotopic (exact) mass is 252 g/mol. The normalized spacial score (nSPS) is 11.1. The fourth-order valence-electron chi connectivity index (χ4n) is 2.34. The van der Waals surface area contributed by atoms with E-state index in [1.165, 1.54) is 5.56 Å². The molecular weight excluding hydrogens is 236 g/mol. The van der Waals surface area contributed by atoms with Gasteiger partial charge in [-0.1, -0.05) is 17.7 Å². The third-order valence-corrected chi connectivity index (χ3v) is 3.28. The first kappa shape index (κ1) is 11.7. The predicted octanol–water partition coefficient (Wildman–Crippen LogP) is 2.93. The number of hydrogen-bond acceptors (Lipinski definition) is 3. The molecule has 0 fully saturated rings. The third kappa shape index (κ3) is 1.85. The minimum absolute atomic E-state index is 0.642. The van der Waals surface area contributed by atoms with Crippen molar-refractivity contribution < 1.29 is 0 Å². The van der Waals surface area contributed by atoms with Crippen molar-refractivity contribution in [2.45, 2.75) is 20.8 Å². The molecule has 2 N–H and O–H groups in total. The molecule has 0 unspecified atom stereocenters. The van der Waals surface area contributed by atoms with E-state index in [9.17, 15) is 0 Å². The summed E-state index contributed by atoms with van der Waals surface area (Å²) in [6, 6.07) is 10.2. The van der Waals surface area contributed by atoms with Crippen molar-refractivity contribution in [3.05, 3.63) is 47.2 Å². The molecule has 0 saturated heterocycles. The lowest BCUT2D eigenvalue weighted by Gasteiger charge is -2.04. The number of anilines is 1. The van der Waals surface area contributed by atoms with Crippen LogP contribution in [0.1, 0.15) is 16.8 Å². The van der Waals surface area contributed by atoms with Gasteiger partial charge in [0.05, 0.1) is 11.1 Å². The van der Waals surface area contributed by atoms with E-state index < -0.39 is 0 Å². The molecule has 0 aliphatic heterocycles. The molecule has 3 rings (SSSR count). The Morgan fingerprint density at radius 2 is 1.74 bits per heavy atom. The van der Waals surface area contributed by atoms with Crippen LogP contribution in [0.2, 0.25) is 0 Å². The summed E-state index contributed by atoms with van der Waals surface area (Å²) in [4.78, 5) is 4.45. The highest BCUT2D eigenvalue weighted by Gasteiger charge is 2.13. The average molecular weight is 252 g/mol. The highest BCUT2D eigenvalue weighted by atomic mass is 15.3. The van der Waals surface area contributed by atoms with Gasteiger partial charge in [0.25, 0.3) is 0 Å². The van der Waals surface area contributed by atoms with E-state index in [-0.39, 0.29) is 0 Å². The Hall–Kier alpha value is -2.36. The van der Waals surface area contributed by atoms with E-state index in [4.69, 9.17) is 5.73 Å². The Morgan fingerprint density at radius 3 is 2.42 bits per heavy atom. The molecule has 0 bridgehead atoms. The lowest BCUT2D eigenvalue weighted by atomic mass is 10.2. The van der Waals surface area contributed by atoms with Gasteiger partial charge in [-0.2, -0.15) is 0 Å². The summed E-state index contributed by atoms with van der Waals surface area (Å²) in [7, 11) is 0. The lowest BCUT2D eigenvalue weighted by Crippen LogP contribution is -2.01. The fourth-order valence-corrected chi connectivity index (χ4v) is 2.34. The maximum absolute atomic E-state index is 6.22. The number of benzene rings is 1. The summed E-state index contributed by atoms with van der Waals surface area (Å²) in [5.74, 6) is 0.642. The van der Waals surface area contributed by atoms with Crippen molar-refractivity contribution in [1.82, 2.24) is 14.8 Å². The van der Waals surface area contributed by atoms with Crippen LogP contribution in [0.15, 0.2) is 30.3 Å². The highest BCUT2D eigenvalue weighted by Crippen LogP contribution is 2.26. The number of hydrogen-bond donors (Lipinski definition) is 1. The summed E-state index contributed by atoms with van der Waals surface area (Å²) >= 11 is 0. The van der Waals surface area contributed by atoms with E-state index in [0.29, 0.717) is 11.5 Å². The standard InChI is InChI=1S/C15H16N4/c1-9-4-6-12(7-5-9)19-14(16)13-10(2)8-11(3)17-15(13)18-19/h4-8H,16H2,1-3H3. The number of rotatable bonds is 1. The largest absolute Gasteiger partial charge is 0.383 e. The van der Waals surface area contributed by atoms with Crippen LogP contribution in [0, 0.1) is 20.8 Å². The first-order valence-corrected chi connectivity index (χ1v) is 6.26. The van der Waals surface area contributed by atoms with E-state index in [1.807, 2.05) is 44.2 Å². The van der Waals surface area contributed by atoms with Gasteiger partial charge < -0.3 is 5.73 Å². The van der Waals surface area contributed by atoms with E-state index in [2.05, 4.69) is 17.0 Å². The van der Waals surface area contributed by atoms with Gasteiger partial charge in [0.2, 0.25) is 0 Å². The van der Waals surface area contributed by atoms with Gasteiger partial charge in [0.15, 0.2) is 5.65 Å². The molecule has 4 nitrogen and oxygen atoms in total. The van der Waals surface area contributed by atoms with Gasteiger partial charge in [-0.25, -0.2) is 9.67 Å². The van der Waals surface area contributed by atoms with Crippen LogP contribution in [0.3, 0.4) is 0 Å². The van der Waals surface area contributed by atoms with Gasteiger partial charge in [0.1, 0.15) is 5.82 Å². The second-order valence-corrected chi connectivity index (χ2v) is 4.91. The summed E-state index contributed by atoms with van der Waals surface area (Å²) in [6.45, 7) is 6.06. The van der Waals surface area contributed by atoms with Crippen LogP contribution in [-0.2, 0) is 0 Å². The molecule has 2 heterocycles. The molecule has 19 heavy (non-hydrogen) atoms. The number of aromatic nitrogens is 3. The van der Waals surface area contributed by atoms with Crippen molar-refractivity contribution in [3.8, 4) is 5.69 Å². The third-order valence-electron chi connectivity index (χ3n) is 3.28. The summed E-state index contributed by atoms with van der Waals surface area (Å²) in [5, 5.41) is 5.45. The number of nitrogens with zero attached hydrogens (tertiary/aromatic N) is 3. The topological polar surface area (TPSA) is 56.7 Å². The fraction of sp³-hybridized carbons (Fsp3) is 0.200. The summed E-state index contributed by atoms with van der Waals surface area (Å²) in [6.07, 6.45) is 0. The van der Waals surface area contributed by atoms with Crippen molar-refractivity contribution in [2.75, 3.05) is 5.73 Å². The highest BCUT2D eigenvalue weighted by molar-refractivity contribution is 5.90. The first-order valence-electron chi connectivity index (χ1n) is 6.26. The number of pyridine rings is 1. The van der Waals surface area contributed by atoms with Crippen LogP contribution in [0.5, 0.6) is 0 Å². The minimum atomic E-state index is 0.642. The van der Waals surface area contributed by atoms with Gasteiger partial charge in [-0.05, 0) is 44.5 Å². The van der Waals surface area contributed by atoms with Crippen LogP contribution in [0.25, 0.3) is 16.7 Å². The molecule has 0 amide bonds. The van der Waals surface area contributed by atoms with Gasteiger partial charge in [0, 0.05) is 5.69 Å². The molecule has 0 radical (unpaired) electrons. The summed E-state index contributed by atoms with van der Waals surface area (Å²) in [5.41, 5.74) is 11.2. The Morgan fingerprint density at radius 1 is 1.05 bits per heavy atom. The van der Waals surface area contributed by atoms with Gasteiger partial charge in [-0.3, -0.25) is 0 Å². The molecule has 96 valence electrons. The Bertz CT molecular complexity index is 754. The Balaban J connectivity index is 2.28. The zero-order valence-corrected chi connectivity index (χ0v) is 11.3. The van der Waals surface area contributed by atoms with Crippen LogP contribution >= 0.6 is 0 Å². The van der Waals surface area contributed by atoms with Crippen molar-refractivity contribution >= 4 is 16.9 Å². The molecule has 0 spiro atoms. The molecule has 0 aliphatic rings. The second-order valence-electron chi connectivity index (χ2n) is 4.91. The average Bonchev–Trinajstić information content (AvgIpc) is 2.67. The maximum Gasteiger partial charge on any atom is 0.184 e. The molecule has 0 saturated carbocycles. The zero-order chi connectivity index (χ0) is 13.6. The zero-order valence-electron chi connectivity index (χ0n) is 11.3. The SMILES string of the molecule is Cc1ccc(-n2nc3nc(C)cc(C)c3c2N)cc1. The van der Waals surface area contributed by atoms with Crippen molar-refractivity contribution in [1.29, 1.82) is 0 Å². The van der Waals surface area contributed by atoms with E-state index >= 15 is 0 Å².